The molecule has 0 aromatic rings. The second-order valence-electron chi connectivity index (χ2n) is 4.51. The molecule has 16 heavy (non-hydrogen) atoms. The molecule has 0 saturated heterocycles. The topological polar surface area (TPSA) is 57.7 Å². The molecule has 0 rings (SSSR count). The first-order valence-electron chi connectivity index (χ1n) is 5.29. The fourth-order valence-electron chi connectivity index (χ4n) is 1.56. The SMILES string of the molecule is CC(C)N(C(=O)CN(C)S(C)(=O)=O)C(C)C. The summed E-state index contributed by atoms with van der Waals surface area (Å²) in [5, 5.41) is 0. The Bertz CT molecular complexity index is 328. The summed E-state index contributed by atoms with van der Waals surface area (Å²) in [5.74, 6) is -0.169. The summed E-state index contributed by atoms with van der Waals surface area (Å²) in [6.07, 6.45) is 1.09. The van der Waals surface area contributed by atoms with Gasteiger partial charge in [-0.05, 0) is 27.7 Å². The lowest BCUT2D eigenvalue weighted by atomic mass is 10.2. The number of hydrogen-bond donors (Lipinski definition) is 0. The van der Waals surface area contributed by atoms with Crippen molar-refractivity contribution in [2.24, 2.45) is 0 Å². The van der Waals surface area contributed by atoms with Gasteiger partial charge in [-0.15, -0.1) is 0 Å². The molecule has 0 aromatic carbocycles. The zero-order valence-corrected chi connectivity index (χ0v) is 11.7. The van der Waals surface area contributed by atoms with Crippen LogP contribution in [0.15, 0.2) is 0 Å². The number of likely N-dealkylation sites (N-methyl/N-ethyl adjacent to an activating group) is 1. The van der Waals surface area contributed by atoms with Crippen LogP contribution in [0.25, 0.3) is 0 Å². The molecule has 96 valence electrons. The number of nitrogens with zero attached hydrogens (tertiary/aromatic N) is 2. The first-order chi connectivity index (χ1) is 7.07. The second-order valence-corrected chi connectivity index (χ2v) is 6.60. The summed E-state index contributed by atoms with van der Waals surface area (Å²) in [5.41, 5.74) is 0. The highest BCUT2D eigenvalue weighted by Gasteiger charge is 2.23. The van der Waals surface area contributed by atoms with Crippen molar-refractivity contribution in [1.29, 1.82) is 0 Å². The van der Waals surface area contributed by atoms with E-state index < -0.39 is 10.0 Å². The molecule has 1 amide bonds. The van der Waals surface area contributed by atoms with Crippen LogP contribution in [0.1, 0.15) is 27.7 Å². The minimum Gasteiger partial charge on any atom is -0.337 e. The number of carbonyl (C=O) groups is 1. The second kappa shape index (κ2) is 5.63. The van der Waals surface area contributed by atoms with E-state index in [4.69, 9.17) is 0 Å². The number of amides is 1. The van der Waals surface area contributed by atoms with Crippen molar-refractivity contribution in [2.45, 2.75) is 39.8 Å². The van der Waals surface area contributed by atoms with E-state index in [0.717, 1.165) is 10.6 Å². The van der Waals surface area contributed by atoms with E-state index in [2.05, 4.69) is 0 Å². The molecule has 0 saturated carbocycles. The minimum absolute atomic E-state index is 0.0699. The van der Waals surface area contributed by atoms with Gasteiger partial charge in [0.25, 0.3) is 0 Å². The maximum Gasteiger partial charge on any atom is 0.238 e. The highest BCUT2D eigenvalue weighted by atomic mass is 32.2. The Morgan fingerprint density at radius 1 is 1.12 bits per heavy atom. The average Bonchev–Trinajstić information content (AvgIpc) is 1.99. The van der Waals surface area contributed by atoms with Crippen LogP contribution in [0.5, 0.6) is 0 Å². The lowest BCUT2D eigenvalue weighted by molar-refractivity contribution is -0.134. The van der Waals surface area contributed by atoms with E-state index in [1.807, 2.05) is 27.7 Å². The summed E-state index contributed by atoms with van der Waals surface area (Å²) < 4.78 is 23.4. The van der Waals surface area contributed by atoms with E-state index in [0.29, 0.717) is 0 Å². The van der Waals surface area contributed by atoms with E-state index in [9.17, 15) is 13.2 Å². The molecule has 0 bridgehead atoms. The van der Waals surface area contributed by atoms with Gasteiger partial charge in [-0.1, -0.05) is 0 Å². The quantitative estimate of drug-likeness (QED) is 0.715. The van der Waals surface area contributed by atoms with Gasteiger partial charge in [-0.3, -0.25) is 4.79 Å². The van der Waals surface area contributed by atoms with Gasteiger partial charge in [-0.2, -0.15) is 4.31 Å². The zero-order valence-electron chi connectivity index (χ0n) is 10.9. The first kappa shape index (κ1) is 15.4. The summed E-state index contributed by atoms with van der Waals surface area (Å²) in [7, 11) is -1.89. The van der Waals surface area contributed by atoms with E-state index in [1.165, 1.54) is 7.05 Å². The Labute approximate surface area is 98.5 Å². The maximum absolute atomic E-state index is 11.9. The highest BCUT2D eigenvalue weighted by molar-refractivity contribution is 7.88. The van der Waals surface area contributed by atoms with Crippen molar-refractivity contribution >= 4 is 15.9 Å². The number of rotatable bonds is 5. The third-order valence-corrected chi connectivity index (χ3v) is 3.59. The van der Waals surface area contributed by atoms with Crippen molar-refractivity contribution in [1.82, 2.24) is 9.21 Å². The Kier molecular flexibility index (Phi) is 5.41. The van der Waals surface area contributed by atoms with Crippen LogP contribution in [-0.2, 0) is 14.8 Å². The lowest BCUT2D eigenvalue weighted by Gasteiger charge is -2.32. The molecule has 0 unspecified atom stereocenters. The molecule has 0 atom stereocenters. The van der Waals surface area contributed by atoms with E-state index in [1.54, 1.807) is 4.90 Å². The van der Waals surface area contributed by atoms with Gasteiger partial charge in [-0.25, -0.2) is 8.42 Å². The molecule has 0 spiro atoms. The number of carbonyl (C=O) groups excluding carboxylic acids is 1. The largest absolute Gasteiger partial charge is 0.337 e. The van der Waals surface area contributed by atoms with Gasteiger partial charge in [0.2, 0.25) is 15.9 Å². The van der Waals surface area contributed by atoms with Gasteiger partial charge in [0.1, 0.15) is 0 Å². The van der Waals surface area contributed by atoms with Crippen LogP contribution in [0.4, 0.5) is 0 Å². The molecule has 0 radical (unpaired) electrons. The summed E-state index contributed by atoms with van der Waals surface area (Å²) >= 11 is 0. The molecule has 0 aliphatic carbocycles. The first-order valence-corrected chi connectivity index (χ1v) is 7.14. The highest BCUT2D eigenvalue weighted by Crippen LogP contribution is 2.07. The van der Waals surface area contributed by atoms with Crippen LogP contribution < -0.4 is 0 Å². The summed E-state index contributed by atoms with van der Waals surface area (Å²) in [4.78, 5) is 13.6. The van der Waals surface area contributed by atoms with Crippen LogP contribution in [0.2, 0.25) is 0 Å². The van der Waals surface area contributed by atoms with Crippen LogP contribution in [-0.4, -0.2) is 55.5 Å². The van der Waals surface area contributed by atoms with Crippen molar-refractivity contribution in [3.63, 3.8) is 0 Å². The van der Waals surface area contributed by atoms with Crippen molar-refractivity contribution < 1.29 is 13.2 Å². The smallest absolute Gasteiger partial charge is 0.238 e. The number of sulfonamides is 1. The van der Waals surface area contributed by atoms with Gasteiger partial charge in [0, 0.05) is 19.1 Å². The molecule has 0 aliphatic heterocycles. The fraction of sp³-hybridized carbons (Fsp3) is 0.900. The Morgan fingerprint density at radius 2 is 1.50 bits per heavy atom. The average molecular weight is 250 g/mol. The van der Waals surface area contributed by atoms with Crippen molar-refractivity contribution in [2.75, 3.05) is 19.8 Å². The predicted octanol–water partition coefficient (Wildman–Crippen LogP) is 0.523. The van der Waals surface area contributed by atoms with E-state index in [-0.39, 0.29) is 24.5 Å². The maximum atomic E-state index is 11.9. The molecule has 0 aliphatic rings. The molecular formula is C10H22N2O3S. The normalized spacial score (nSPS) is 12.6. The van der Waals surface area contributed by atoms with Gasteiger partial charge >= 0.3 is 0 Å². The van der Waals surface area contributed by atoms with Crippen LogP contribution in [0.3, 0.4) is 0 Å². The van der Waals surface area contributed by atoms with Crippen molar-refractivity contribution in [3.05, 3.63) is 0 Å². The summed E-state index contributed by atoms with van der Waals surface area (Å²) in [6, 6.07) is 0.140. The van der Waals surface area contributed by atoms with Gasteiger partial charge in [0.15, 0.2) is 0 Å². The Hall–Kier alpha value is -0.620. The van der Waals surface area contributed by atoms with E-state index >= 15 is 0 Å². The molecular weight excluding hydrogens is 228 g/mol. The molecule has 6 heteroatoms. The standard InChI is InChI=1S/C10H22N2O3S/c1-8(2)12(9(3)4)10(13)7-11(5)16(6,14)15/h8-9H,7H2,1-6H3. The van der Waals surface area contributed by atoms with Gasteiger partial charge < -0.3 is 4.90 Å². The molecule has 0 fully saturated rings. The molecule has 0 aromatic heterocycles. The van der Waals surface area contributed by atoms with Crippen molar-refractivity contribution in [3.8, 4) is 0 Å². The molecule has 0 heterocycles. The minimum atomic E-state index is -3.30. The number of hydrogen-bond acceptors (Lipinski definition) is 3. The monoisotopic (exact) mass is 250 g/mol. The predicted molar refractivity (Wildman–Crippen MR) is 64.6 cm³/mol. The van der Waals surface area contributed by atoms with Crippen LogP contribution >= 0.6 is 0 Å². The summed E-state index contributed by atoms with van der Waals surface area (Å²) in [6.45, 7) is 7.56. The fourth-order valence-corrected chi connectivity index (χ4v) is 1.91. The van der Waals surface area contributed by atoms with Gasteiger partial charge in [0.05, 0.1) is 12.8 Å². The van der Waals surface area contributed by atoms with Crippen LogP contribution in [0, 0.1) is 0 Å². The Morgan fingerprint density at radius 3 is 1.75 bits per heavy atom. The third kappa shape index (κ3) is 4.49. The Balaban J connectivity index is 4.68. The third-order valence-electron chi connectivity index (χ3n) is 2.32. The lowest BCUT2D eigenvalue weighted by Crippen LogP contribution is -2.47. The molecule has 5 nitrogen and oxygen atoms in total. The molecule has 0 N–H and O–H groups in total. The zero-order chi connectivity index (χ0) is 13.1.